The topological polar surface area (TPSA) is 96.2 Å². The number of aryl methyl sites for hydroxylation is 1. The second-order valence-corrected chi connectivity index (χ2v) is 5.85. The molecule has 8 heteroatoms. The Kier molecular flexibility index (Phi) is 4.29. The molecule has 0 aliphatic heterocycles. The van der Waals surface area contributed by atoms with Crippen molar-refractivity contribution >= 4 is 5.97 Å². The van der Waals surface area contributed by atoms with Gasteiger partial charge in [-0.25, -0.2) is 9.48 Å². The molecule has 136 valence electrons. The van der Waals surface area contributed by atoms with Crippen LogP contribution in [0.4, 0.5) is 0 Å². The summed E-state index contributed by atoms with van der Waals surface area (Å²) in [5.41, 5.74) is 2.58. The van der Waals surface area contributed by atoms with Crippen LogP contribution in [0.25, 0.3) is 17.3 Å². The minimum atomic E-state index is -0.495. The number of aromatic nitrogens is 4. The first-order chi connectivity index (χ1) is 13.1. The lowest BCUT2D eigenvalue weighted by atomic mass is 10.2. The van der Waals surface area contributed by atoms with Crippen molar-refractivity contribution in [2.45, 2.75) is 20.5 Å². The van der Waals surface area contributed by atoms with E-state index in [1.54, 1.807) is 23.7 Å². The summed E-state index contributed by atoms with van der Waals surface area (Å²) in [6.45, 7) is 3.46. The first-order valence-electron chi connectivity index (χ1n) is 8.28. The molecule has 0 N–H and O–H groups in total. The van der Waals surface area contributed by atoms with E-state index in [4.69, 9.17) is 13.6 Å². The monoisotopic (exact) mass is 364 g/mol. The van der Waals surface area contributed by atoms with Crippen LogP contribution in [-0.4, -0.2) is 25.9 Å². The number of carbonyl (C=O) groups is 1. The van der Waals surface area contributed by atoms with Crippen molar-refractivity contribution < 1.29 is 18.4 Å². The Morgan fingerprint density at radius 2 is 1.93 bits per heavy atom. The van der Waals surface area contributed by atoms with Gasteiger partial charge in [-0.1, -0.05) is 18.2 Å². The maximum absolute atomic E-state index is 12.6. The lowest BCUT2D eigenvalue weighted by Crippen LogP contribution is -2.08. The molecular formula is C19H16N4O4. The van der Waals surface area contributed by atoms with Crippen molar-refractivity contribution in [1.82, 2.24) is 20.0 Å². The van der Waals surface area contributed by atoms with Gasteiger partial charge < -0.3 is 13.6 Å². The van der Waals surface area contributed by atoms with Crippen LogP contribution in [-0.2, 0) is 11.3 Å². The second-order valence-electron chi connectivity index (χ2n) is 5.85. The molecular weight excluding hydrogens is 348 g/mol. The van der Waals surface area contributed by atoms with Gasteiger partial charge >= 0.3 is 5.97 Å². The van der Waals surface area contributed by atoms with Gasteiger partial charge in [0.1, 0.15) is 5.56 Å². The summed E-state index contributed by atoms with van der Waals surface area (Å²) in [6, 6.07) is 13.0. The molecule has 8 nitrogen and oxygen atoms in total. The summed E-state index contributed by atoms with van der Waals surface area (Å²) < 4.78 is 17.7. The minimum Gasteiger partial charge on any atom is -0.459 e. The smallest absolute Gasteiger partial charge is 0.342 e. The number of furan rings is 1. The molecule has 3 heterocycles. The molecule has 0 aliphatic rings. The van der Waals surface area contributed by atoms with Crippen LogP contribution < -0.4 is 0 Å². The Bertz CT molecular complexity index is 1060. The lowest BCUT2D eigenvalue weighted by Gasteiger charge is -2.05. The summed E-state index contributed by atoms with van der Waals surface area (Å²) in [7, 11) is 0. The first-order valence-corrected chi connectivity index (χ1v) is 8.28. The molecule has 4 aromatic rings. The predicted molar refractivity (Wildman–Crippen MR) is 94.2 cm³/mol. The highest BCUT2D eigenvalue weighted by Crippen LogP contribution is 2.21. The first kappa shape index (κ1) is 16.8. The van der Waals surface area contributed by atoms with Gasteiger partial charge in [0.2, 0.25) is 0 Å². The van der Waals surface area contributed by atoms with Crippen LogP contribution in [0.2, 0.25) is 0 Å². The van der Waals surface area contributed by atoms with E-state index in [-0.39, 0.29) is 18.4 Å². The molecule has 27 heavy (non-hydrogen) atoms. The van der Waals surface area contributed by atoms with Crippen molar-refractivity contribution in [3.8, 4) is 17.3 Å². The van der Waals surface area contributed by atoms with Gasteiger partial charge in [0.15, 0.2) is 12.4 Å². The number of benzene rings is 1. The molecule has 1 aromatic carbocycles. The SMILES string of the molecule is Cc1nn(-c2ccccc2)c(C)c1C(=O)OCc1nnc(-c2ccco2)o1. The third-order valence-corrected chi connectivity index (χ3v) is 4.02. The zero-order valence-corrected chi connectivity index (χ0v) is 14.7. The largest absolute Gasteiger partial charge is 0.459 e. The van der Waals surface area contributed by atoms with E-state index in [0.717, 1.165) is 5.69 Å². The van der Waals surface area contributed by atoms with Crippen LogP contribution in [0.1, 0.15) is 27.6 Å². The molecule has 0 atom stereocenters. The summed E-state index contributed by atoms with van der Waals surface area (Å²) in [6.07, 6.45) is 1.51. The Balaban J connectivity index is 1.50. The van der Waals surface area contributed by atoms with Crippen molar-refractivity contribution in [2.24, 2.45) is 0 Å². The molecule has 0 bridgehead atoms. The molecule has 0 saturated heterocycles. The van der Waals surface area contributed by atoms with Crippen molar-refractivity contribution in [2.75, 3.05) is 0 Å². The van der Waals surface area contributed by atoms with Crippen LogP contribution in [0.15, 0.2) is 57.6 Å². The highest BCUT2D eigenvalue weighted by molar-refractivity contribution is 5.92. The number of rotatable bonds is 5. The van der Waals surface area contributed by atoms with Gasteiger partial charge in [0, 0.05) is 0 Å². The Labute approximate surface area is 154 Å². The fourth-order valence-corrected chi connectivity index (χ4v) is 2.77. The van der Waals surface area contributed by atoms with Crippen molar-refractivity contribution in [1.29, 1.82) is 0 Å². The zero-order valence-electron chi connectivity index (χ0n) is 14.7. The number of esters is 1. The molecule has 0 unspecified atom stereocenters. The van der Waals surface area contributed by atoms with Gasteiger partial charge in [-0.2, -0.15) is 5.10 Å². The van der Waals surface area contributed by atoms with Gasteiger partial charge in [-0.05, 0) is 38.1 Å². The normalized spacial score (nSPS) is 10.9. The number of nitrogens with zero attached hydrogens (tertiary/aromatic N) is 4. The molecule has 0 fully saturated rings. The Morgan fingerprint density at radius 3 is 2.67 bits per heavy atom. The number of hydrogen-bond donors (Lipinski definition) is 0. The Hall–Kier alpha value is -3.68. The minimum absolute atomic E-state index is 0.137. The van der Waals surface area contributed by atoms with Gasteiger partial charge in [-0.15, -0.1) is 10.2 Å². The van der Waals surface area contributed by atoms with Crippen molar-refractivity contribution in [3.63, 3.8) is 0 Å². The number of ether oxygens (including phenoxy) is 1. The fraction of sp³-hybridized carbons (Fsp3) is 0.158. The van der Waals surface area contributed by atoms with Gasteiger partial charge in [0.25, 0.3) is 11.8 Å². The average Bonchev–Trinajstić information content (AvgIpc) is 3.41. The highest BCUT2D eigenvalue weighted by atomic mass is 16.5. The molecule has 4 rings (SSSR count). The number of para-hydroxylation sites is 1. The molecule has 3 aromatic heterocycles. The van der Waals surface area contributed by atoms with Crippen LogP contribution in [0.3, 0.4) is 0 Å². The third kappa shape index (κ3) is 3.24. The van der Waals surface area contributed by atoms with E-state index in [0.29, 0.717) is 22.7 Å². The summed E-state index contributed by atoms with van der Waals surface area (Å²) in [4.78, 5) is 12.6. The lowest BCUT2D eigenvalue weighted by molar-refractivity contribution is 0.0437. The molecule has 0 saturated carbocycles. The maximum atomic E-state index is 12.6. The van der Waals surface area contributed by atoms with E-state index < -0.39 is 5.97 Å². The second kappa shape index (κ2) is 6.91. The van der Waals surface area contributed by atoms with Gasteiger partial charge in [-0.3, -0.25) is 0 Å². The summed E-state index contributed by atoms with van der Waals surface area (Å²) >= 11 is 0. The molecule has 0 amide bonds. The van der Waals surface area contributed by atoms with Crippen LogP contribution in [0, 0.1) is 13.8 Å². The molecule has 0 spiro atoms. The Morgan fingerprint density at radius 1 is 1.11 bits per heavy atom. The number of carbonyl (C=O) groups excluding carboxylic acids is 1. The van der Waals surface area contributed by atoms with E-state index in [1.165, 1.54) is 6.26 Å². The van der Waals surface area contributed by atoms with E-state index in [1.807, 2.05) is 37.3 Å². The van der Waals surface area contributed by atoms with E-state index in [9.17, 15) is 4.79 Å². The predicted octanol–water partition coefficient (Wildman–Crippen LogP) is 3.49. The van der Waals surface area contributed by atoms with E-state index >= 15 is 0 Å². The fourth-order valence-electron chi connectivity index (χ4n) is 2.77. The van der Waals surface area contributed by atoms with Crippen molar-refractivity contribution in [3.05, 3.63) is 71.6 Å². The summed E-state index contributed by atoms with van der Waals surface area (Å²) in [5.74, 6) is 0.372. The molecule has 0 radical (unpaired) electrons. The third-order valence-electron chi connectivity index (χ3n) is 4.02. The number of hydrogen-bond acceptors (Lipinski definition) is 7. The highest BCUT2D eigenvalue weighted by Gasteiger charge is 2.22. The van der Waals surface area contributed by atoms with Gasteiger partial charge in [0.05, 0.1) is 23.3 Å². The quantitative estimate of drug-likeness (QED) is 0.500. The standard InChI is InChI=1S/C19H16N4O4/c1-12-17(13(2)23(22-12)14-7-4-3-5-8-14)19(24)26-11-16-20-21-18(27-16)15-9-6-10-25-15/h3-10H,11H2,1-2H3. The van der Waals surface area contributed by atoms with E-state index in [2.05, 4.69) is 15.3 Å². The average molecular weight is 364 g/mol. The zero-order chi connectivity index (χ0) is 18.8. The maximum Gasteiger partial charge on any atom is 0.342 e. The molecule has 0 aliphatic carbocycles. The van der Waals surface area contributed by atoms with Crippen LogP contribution in [0.5, 0.6) is 0 Å². The van der Waals surface area contributed by atoms with Crippen LogP contribution >= 0.6 is 0 Å². The summed E-state index contributed by atoms with van der Waals surface area (Å²) in [5, 5.41) is 12.2.